The standard InChI is InChI=1S/C20H20F3N5O/c1-28-17(8-12-6-7-16(27-18(12)28)14-10-25-26-11-14)19(29)24-9-13-4-2-3-5-15(13)20(21,22)23/h2-8,14,25-26H,9-11H2,1H3,(H,24,29). The van der Waals surface area contributed by atoms with Gasteiger partial charge in [-0.25, -0.2) is 4.98 Å². The normalized spacial score (nSPS) is 15.2. The lowest BCUT2D eigenvalue weighted by Crippen LogP contribution is -2.26. The van der Waals surface area contributed by atoms with Crippen LogP contribution in [0.3, 0.4) is 0 Å². The average molecular weight is 403 g/mol. The number of aromatic nitrogens is 2. The highest BCUT2D eigenvalue weighted by molar-refractivity contribution is 5.97. The first-order chi connectivity index (χ1) is 13.8. The predicted molar refractivity (Wildman–Crippen MR) is 102 cm³/mol. The summed E-state index contributed by atoms with van der Waals surface area (Å²) in [6.45, 7) is 1.33. The van der Waals surface area contributed by atoms with Gasteiger partial charge in [-0.1, -0.05) is 18.2 Å². The monoisotopic (exact) mass is 403 g/mol. The molecule has 1 saturated heterocycles. The number of nitrogens with one attached hydrogen (secondary N) is 3. The molecule has 9 heteroatoms. The Morgan fingerprint density at radius 3 is 2.66 bits per heavy atom. The van der Waals surface area contributed by atoms with Crippen molar-refractivity contribution in [2.75, 3.05) is 13.1 Å². The van der Waals surface area contributed by atoms with Gasteiger partial charge < -0.3 is 9.88 Å². The number of carbonyl (C=O) groups is 1. The number of fused-ring (bicyclic) bond motifs is 1. The highest BCUT2D eigenvalue weighted by atomic mass is 19.4. The summed E-state index contributed by atoms with van der Waals surface area (Å²) in [4.78, 5) is 17.3. The summed E-state index contributed by atoms with van der Waals surface area (Å²) in [6, 6.07) is 10.8. The van der Waals surface area contributed by atoms with Crippen LogP contribution in [-0.2, 0) is 19.8 Å². The summed E-state index contributed by atoms with van der Waals surface area (Å²) in [5.74, 6) is -0.210. The van der Waals surface area contributed by atoms with Gasteiger partial charge in [-0.15, -0.1) is 0 Å². The van der Waals surface area contributed by atoms with Crippen molar-refractivity contribution < 1.29 is 18.0 Å². The third-order valence-electron chi connectivity index (χ3n) is 5.13. The quantitative estimate of drug-likeness (QED) is 0.627. The van der Waals surface area contributed by atoms with E-state index in [0.717, 1.165) is 30.2 Å². The molecule has 0 aliphatic carbocycles. The van der Waals surface area contributed by atoms with Gasteiger partial charge in [0.25, 0.3) is 5.91 Å². The molecule has 3 N–H and O–H groups in total. The number of hydrogen-bond acceptors (Lipinski definition) is 4. The third-order valence-corrected chi connectivity index (χ3v) is 5.13. The molecule has 2 aromatic heterocycles. The van der Waals surface area contributed by atoms with Crippen molar-refractivity contribution in [3.05, 3.63) is 65.0 Å². The molecule has 0 saturated carbocycles. The van der Waals surface area contributed by atoms with Crippen molar-refractivity contribution in [3.8, 4) is 0 Å². The van der Waals surface area contributed by atoms with Crippen molar-refractivity contribution in [3.63, 3.8) is 0 Å². The van der Waals surface area contributed by atoms with Crippen LogP contribution < -0.4 is 16.2 Å². The maximum atomic E-state index is 13.1. The van der Waals surface area contributed by atoms with Gasteiger partial charge in [-0.05, 0) is 29.8 Å². The zero-order valence-electron chi connectivity index (χ0n) is 15.7. The van der Waals surface area contributed by atoms with Gasteiger partial charge in [0, 0.05) is 43.7 Å². The Hall–Kier alpha value is -2.91. The molecule has 0 spiro atoms. The Labute approximate surface area is 165 Å². The molecule has 1 aliphatic rings. The minimum atomic E-state index is -4.47. The van der Waals surface area contributed by atoms with E-state index < -0.39 is 17.6 Å². The topological polar surface area (TPSA) is 71.0 Å². The molecule has 152 valence electrons. The van der Waals surface area contributed by atoms with Crippen molar-refractivity contribution in [1.82, 2.24) is 25.7 Å². The Kier molecular flexibility index (Phi) is 5.01. The maximum Gasteiger partial charge on any atom is 0.416 e. The van der Waals surface area contributed by atoms with Gasteiger partial charge in [0.05, 0.1) is 5.56 Å². The van der Waals surface area contributed by atoms with Gasteiger partial charge in [0.2, 0.25) is 0 Å². The lowest BCUT2D eigenvalue weighted by Gasteiger charge is -2.13. The second kappa shape index (κ2) is 7.49. The minimum absolute atomic E-state index is 0.0220. The average Bonchev–Trinajstić information content (AvgIpc) is 3.34. The smallest absolute Gasteiger partial charge is 0.347 e. The van der Waals surface area contributed by atoms with E-state index in [9.17, 15) is 18.0 Å². The van der Waals surface area contributed by atoms with Gasteiger partial charge in [-0.3, -0.25) is 15.6 Å². The molecule has 0 bridgehead atoms. The SMILES string of the molecule is Cn1c(C(=O)NCc2ccccc2C(F)(F)F)cc2ccc(C3CNNC3)nc21. The van der Waals surface area contributed by atoms with E-state index in [1.165, 1.54) is 18.2 Å². The summed E-state index contributed by atoms with van der Waals surface area (Å²) in [7, 11) is 1.73. The van der Waals surface area contributed by atoms with Crippen LogP contribution in [0.5, 0.6) is 0 Å². The Morgan fingerprint density at radius 1 is 1.21 bits per heavy atom. The van der Waals surface area contributed by atoms with Crippen LogP contribution in [0.1, 0.15) is 33.2 Å². The summed E-state index contributed by atoms with van der Waals surface area (Å²) >= 11 is 0. The van der Waals surface area contributed by atoms with Crippen molar-refractivity contribution in [2.45, 2.75) is 18.6 Å². The summed E-state index contributed by atoms with van der Waals surface area (Å²) in [5, 5.41) is 3.39. The zero-order chi connectivity index (χ0) is 20.6. The van der Waals surface area contributed by atoms with Crippen LogP contribution in [0.25, 0.3) is 11.0 Å². The fraction of sp³-hybridized carbons (Fsp3) is 0.300. The molecule has 3 heterocycles. The summed E-state index contributed by atoms with van der Waals surface area (Å²) < 4.78 is 41.1. The number of alkyl halides is 3. The van der Waals surface area contributed by atoms with Crippen LogP contribution in [0, 0.1) is 0 Å². The predicted octanol–water partition coefficient (Wildman–Crippen LogP) is 2.71. The van der Waals surface area contributed by atoms with Crippen LogP contribution >= 0.6 is 0 Å². The second-order valence-electron chi connectivity index (χ2n) is 7.03. The summed E-state index contributed by atoms with van der Waals surface area (Å²) in [5.41, 5.74) is 7.33. The first-order valence-electron chi connectivity index (χ1n) is 9.20. The fourth-order valence-electron chi connectivity index (χ4n) is 3.55. The largest absolute Gasteiger partial charge is 0.416 e. The van der Waals surface area contributed by atoms with E-state index in [1.54, 1.807) is 17.7 Å². The Morgan fingerprint density at radius 2 is 1.93 bits per heavy atom. The number of halogens is 3. The van der Waals surface area contributed by atoms with E-state index in [4.69, 9.17) is 0 Å². The molecule has 6 nitrogen and oxygen atoms in total. The number of hydrogen-bond donors (Lipinski definition) is 3. The van der Waals surface area contributed by atoms with Gasteiger partial charge in [0.15, 0.2) is 0 Å². The van der Waals surface area contributed by atoms with Crippen molar-refractivity contribution >= 4 is 16.9 Å². The molecular formula is C20H20F3N5O. The number of hydrazine groups is 1. The first kappa shape index (κ1) is 19.4. The summed E-state index contributed by atoms with van der Waals surface area (Å²) in [6.07, 6.45) is -4.47. The molecule has 29 heavy (non-hydrogen) atoms. The lowest BCUT2D eigenvalue weighted by atomic mass is 10.1. The molecule has 0 atom stereocenters. The number of rotatable bonds is 4. The fourth-order valence-corrected chi connectivity index (χ4v) is 3.55. The molecule has 1 fully saturated rings. The first-order valence-corrected chi connectivity index (χ1v) is 9.20. The second-order valence-corrected chi connectivity index (χ2v) is 7.03. The number of aryl methyl sites for hydroxylation is 1. The zero-order valence-corrected chi connectivity index (χ0v) is 15.7. The van der Waals surface area contributed by atoms with Crippen molar-refractivity contribution in [1.29, 1.82) is 0 Å². The minimum Gasteiger partial charge on any atom is -0.347 e. The number of benzene rings is 1. The molecule has 3 aromatic rings. The van der Waals surface area contributed by atoms with E-state index >= 15 is 0 Å². The Balaban J connectivity index is 1.56. The van der Waals surface area contributed by atoms with Gasteiger partial charge in [0.1, 0.15) is 11.3 Å². The van der Waals surface area contributed by atoms with Crippen LogP contribution in [0.4, 0.5) is 13.2 Å². The number of carbonyl (C=O) groups excluding carboxylic acids is 1. The molecular weight excluding hydrogens is 383 g/mol. The van der Waals surface area contributed by atoms with E-state index in [2.05, 4.69) is 21.2 Å². The molecule has 1 aromatic carbocycles. The highest BCUT2D eigenvalue weighted by Gasteiger charge is 2.33. The van der Waals surface area contributed by atoms with E-state index in [1.807, 2.05) is 12.1 Å². The van der Waals surface area contributed by atoms with E-state index in [-0.39, 0.29) is 18.0 Å². The molecule has 4 rings (SSSR count). The van der Waals surface area contributed by atoms with Gasteiger partial charge in [-0.2, -0.15) is 13.2 Å². The van der Waals surface area contributed by atoms with Crippen molar-refractivity contribution in [2.24, 2.45) is 7.05 Å². The molecule has 1 amide bonds. The number of amides is 1. The Bertz CT molecular complexity index is 1050. The molecule has 1 aliphatic heterocycles. The number of pyridine rings is 1. The lowest BCUT2D eigenvalue weighted by molar-refractivity contribution is -0.138. The number of nitrogens with zero attached hydrogens (tertiary/aromatic N) is 2. The maximum absolute atomic E-state index is 13.1. The van der Waals surface area contributed by atoms with Crippen LogP contribution in [0.2, 0.25) is 0 Å². The third kappa shape index (κ3) is 3.83. The van der Waals surface area contributed by atoms with Crippen LogP contribution in [0.15, 0.2) is 42.5 Å². The van der Waals surface area contributed by atoms with E-state index in [0.29, 0.717) is 11.3 Å². The van der Waals surface area contributed by atoms with Crippen LogP contribution in [-0.4, -0.2) is 28.5 Å². The molecule has 0 radical (unpaired) electrons. The highest BCUT2D eigenvalue weighted by Crippen LogP contribution is 2.31. The molecule has 0 unspecified atom stereocenters. The van der Waals surface area contributed by atoms with Gasteiger partial charge >= 0.3 is 6.18 Å².